The number of carbonyl (C=O) groups excluding carboxylic acids is 1. The molecule has 0 saturated heterocycles. The zero-order valence-electron chi connectivity index (χ0n) is 17.1. The summed E-state index contributed by atoms with van der Waals surface area (Å²) >= 11 is 0. The number of para-hydroxylation sites is 1. The highest BCUT2D eigenvalue weighted by molar-refractivity contribution is 6.06. The van der Waals surface area contributed by atoms with E-state index in [1.54, 1.807) is 0 Å². The number of pyridine rings is 1. The van der Waals surface area contributed by atoms with E-state index in [1.807, 2.05) is 48.8 Å². The minimum atomic E-state index is -0.379. The van der Waals surface area contributed by atoms with Gasteiger partial charge in [0.25, 0.3) is 0 Å². The number of benzene rings is 3. The molecule has 1 amide bonds. The summed E-state index contributed by atoms with van der Waals surface area (Å²) < 4.78 is 2.15. The van der Waals surface area contributed by atoms with Gasteiger partial charge in [0, 0.05) is 17.5 Å². The largest absolute Gasteiger partial charge is 0.382 e. The molecule has 0 fully saturated rings. The Morgan fingerprint density at radius 2 is 1.71 bits per heavy atom. The van der Waals surface area contributed by atoms with E-state index in [4.69, 9.17) is 11.5 Å². The molecule has 6 nitrogen and oxygen atoms in total. The number of aromatic nitrogens is 3. The van der Waals surface area contributed by atoms with Crippen molar-refractivity contribution in [3.05, 3.63) is 78.1 Å². The second-order valence-corrected chi connectivity index (χ2v) is 7.78. The maximum atomic E-state index is 12.0. The van der Waals surface area contributed by atoms with Gasteiger partial charge < -0.3 is 16.0 Å². The lowest BCUT2D eigenvalue weighted by Crippen LogP contribution is -2.14. The van der Waals surface area contributed by atoms with Crippen LogP contribution in [0.25, 0.3) is 32.7 Å². The number of hydrogen-bond acceptors (Lipinski definition) is 4. The molecule has 6 heteroatoms. The number of amides is 1. The lowest BCUT2D eigenvalue weighted by Gasteiger charge is -2.12. The summed E-state index contributed by atoms with van der Waals surface area (Å²) in [5.74, 6) is 0.0742. The van der Waals surface area contributed by atoms with Crippen LogP contribution in [-0.2, 0) is 13.0 Å². The summed E-state index contributed by atoms with van der Waals surface area (Å²) in [6, 6.07) is 19.9. The number of primary amides is 1. The molecule has 0 radical (unpaired) electrons. The molecule has 0 unspecified atom stereocenters. The molecule has 0 bridgehead atoms. The van der Waals surface area contributed by atoms with E-state index in [9.17, 15) is 4.79 Å². The Balaban J connectivity index is 1.40. The lowest BCUT2D eigenvalue weighted by molar-refractivity contribution is 0.0999. The third kappa shape index (κ3) is 3.36. The maximum Gasteiger partial charge on any atom is 0.248 e. The van der Waals surface area contributed by atoms with E-state index in [0.717, 1.165) is 64.1 Å². The van der Waals surface area contributed by atoms with Gasteiger partial charge in [-0.1, -0.05) is 48.5 Å². The van der Waals surface area contributed by atoms with Crippen molar-refractivity contribution in [3.63, 3.8) is 0 Å². The molecule has 5 rings (SSSR count). The number of anilines is 1. The molecule has 0 aliphatic rings. The summed E-state index contributed by atoms with van der Waals surface area (Å²) in [6.45, 7) is 0.806. The van der Waals surface area contributed by atoms with Crippen molar-refractivity contribution in [2.45, 2.75) is 25.8 Å². The van der Waals surface area contributed by atoms with Crippen molar-refractivity contribution < 1.29 is 4.79 Å². The van der Waals surface area contributed by atoms with Crippen molar-refractivity contribution >= 4 is 44.4 Å². The van der Waals surface area contributed by atoms with Gasteiger partial charge in [-0.05, 0) is 47.7 Å². The van der Waals surface area contributed by atoms with Crippen LogP contribution in [0.4, 0.5) is 5.82 Å². The van der Waals surface area contributed by atoms with E-state index in [0.29, 0.717) is 11.4 Å². The van der Waals surface area contributed by atoms with Crippen LogP contribution in [0.2, 0.25) is 0 Å². The molecule has 2 aromatic heterocycles. The number of hydrogen-bond donors (Lipinski definition) is 2. The van der Waals surface area contributed by atoms with Crippen LogP contribution in [0.1, 0.15) is 28.8 Å². The fourth-order valence-corrected chi connectivity index (χ4v) is 4.40. The number of nitrogens with zero attached hydrogens (tertiary/aromatic N) is 3. The highest BCUT2D eigenvalue weighted by Crippen LogP contribution is 2.28. The average molecular weight is 409 g/mol. The molecular formula is C25H23N5O. The van der Waals surface area contributed by atoms with Crippen LogP contribution >= 0.6 is 0 Å². The van der Waals surface area contributed by atoms with Crippen LogP contribution in [0, 0.1) is 0 Å². The summed E-state index contributed by atoms with van der Waals surface area (Å²) in [5.41, 5.74) is 16.0. The van der Waals surface area contributed by atoms with E-state index >= 15 is 0 Å². The van der Waals surface area contributed by atoms with Gasteiger partial charge in [-0.25, -0.2) is 9.97 Å². The Bertz CT molecular complexity index is 1440. The Morgan fingerprint density at radius 1 is 0.935 bits per heavy atom. The lowest BCUT2D eigenvalue weighted by atomic mass is 9.94. The first kappa shape index (κ1) is 19.1. The third-order valence-corrected chi connectivity index (χ3v) is 5.86. The normalized spacial score (nSPS) is 11.5. The van der Waals surface area contributed by atoms with E-state index in [1.165, 1.54) is 0 Å². The van der Waals surface area contributed by atoms with Gasteiger partial charge in [-0.3, -0.25) is 4.79 Å². The Kier molecular flexibility index (Phi) is 4.75. The molecule has 0 aliphatic carbocycles. The molecule has 3 aromatic carbocycles. The van der Waals surface area contributed by atoms with E-state index in [-0.39, 0.29) is 5.91 Å². The zero-order chi connectivity index (χ0) is 21.4. The summed E-state index contributed by atoms with van der Waals surface area (Å²) in [7, 11) is 0. The number of unbranched alkanes of at least 4 members (excludes halogenated alkanes) is 1. The van der Waals surface area contributed by atoms with Crippen LogP contribution < -0.4 is 11.5 Å². The average Bonchev–Trinajstić information content (AvgIpc) is 3.21. The predicted molar refractivity (Wildman–Crippen MR) is 125 cm³/mol. The van der Waals surface area contributed by atoms with Gasteiger partial charge >= 0.3 is 0 Å². The highest BCUT2D eigenvalue weighted by atomic mass is 16.1. The Morgan fingerprint density at radius 3 is 2.55 bits per heavy atom. The summed E-state index contributed by atoms with van der Waals surface area (Å²) in [6.07, 6.45) is 4.48. The molecule has 0 aliphatic heterocycles. The first-order valence-electron chi connectivity index (χ1n) is 10.4. The molecule has 0 atom stereocenters. The van der Waals surface area contributed by atoms with Crippen molar-refractivity contribution in [3.8, 4) is 0 Å². The molecule has 154 valence electrons. The molecule has 31 heavy (non-hydrogen) atoms. The van der Waals surface area contributed by atoms with Crippen molar-refractivity contribution in [1.29, 1.82) is 0 Å². The van der Waals surface area contributed by atoms with Crippen LogP contribution in [-0.4, -0.2) is 20.4 Å². The van der Waals surface area contributed by atoms with Gasteiger partial charge in [0.1, 0.15) is 5.52 Å². The summed E-state index contributed by atoms with van der Waals surface area (Å²) in [4.78, 5) is 20.9. The smallest absolute Gasteiger partial charge is 0.248 e. The van der Waals surface area contributed by atoms with Crippen LogP contribution in [0.5, 0.6) is 0 Å². The monoisotopic (exact) mass is 409 g/mol. The second kappa shape index (κ2) is 7.72. The zero-order valence-corrected chi connectivity index (χ0v) is 17.1. The minimum Gasteiger partial charge on any atom is -0.382 e. The first-order chi connectivity index (χ1) is 15.1. The highest BCUT2D eigenvalue weighted by Gasteiger charge is 2.13. The molecule has 5 aromatic rings. The van der Waals surface area contributed by atoms with Gasteiger partial charge in [0.05, 0.1) is 17.4 Å². The predicted octanol–water partition coefficient (Wildman–Crippen LogP) is 4.44. The number of carbonyl (C=O) groups is 1. The number of fused-ring (bicyclic) bond motifs is 4. The number of rotatable bonds is 6. The number of nitrogens with two attached hydrogens (primary N) is 2. The Labute approximate surface area is 179 Å². The van der Waals surface area contributed by atoms with Crippen molar-refractivity contribution in [2.24, 2.45) is 5.73 Å². The quantitative estimate of drug-likeness (QED) is 0.405. The van der Waals surface area contributed by atoms with E-state index in [2.05, 4.69) is 32.7 Å². The molecule has 4 N–H and O–H groups in total. The number of aryl methyl sites for hydroxylation is 2. The van der Waals surface area contributed by atoms with E-state index < -0.39 is 0 Å². The first-order valence-corrected chi connectivity index (χ1v) is 10.4. The molecule has 0 spiro atoms. The maximum absolute atomic E-state index is 12.0. The summed E-state index contributed by atoms with van der Waals surface area (Å²) in [5, 5.41) is 3.27. The molecular weight excluding hydrogens is 386 g/mol. The van der Waals surface area contributed by atoms with Crippen LogP contribution in [0.3, 0.4) is 0 Å². The molecule has 0 saturated carbocycles. The fraction of sp³-hybridized carbons (Fsp3) is 0.160. The van der Waals surface area contributed by atoms with Crippen molar-refractivity contribution in [2.75, 3.05) is 5.73 Å². The van der Waals surface area contributed by atoms with Gasteiger partial charge in [-0.2, -0.15) is 0 Å². The number of nitrogen functional groups attached to an aromatic ring is 1. The van der Waals surface area contributed by atoms with Gasteiger partial charge in [0.15, 0.2) is 5.82 Å². The van der Waals surface area contributed by atoms with Gasteiger partial charge in [-0.15, -0.1) is 0 Å². The number of imidazole rings is 1. The van der Waals surface area contributed by atoms with Crippen molar-refractivity contribution in [1.82, 2.24) is 14.5 Å². The van der Waals surface area contributed by atoms with Gasteiger partial charge in [0.2, 0.25) is 5.91 Å². The fourth-order valence-electron chi connectivity index (χ4n) is 4.40. The third-order valence-electron chi connectivity index (χ3n) is 5.86. The molecule has 2 heterocycles. The second-order valence-electron chi connectivity index (χ2n) is 7.78. The standard InChI is InChI=1S/C25H23N5O/c26-24-22-23(20-10-3-4-11-21(20)29-24)30(15-28-22)14-6-5-9-18-17-8-2-1-7-16(17)12-13-19(18)25(27)31/h1-4,7-8,10-13,15H,5-6,9,14H2,(H2,26,29)(H2,27,31). The Hall–Kier alpha value is -3.93. The SMILES string of the molecule is NC(=O)c1ccc2ccccc2c1CCCCn1cnc2c(N)nc3ccccc3c21. The van der Waals surface area contributed by atoms with Crippen LogP contribution in [0.15, 0.2) is 67.0 Å². The minimum absolute atomic E-state index is 0.379. The topological polar surface area (TPSA) is 99.8 Å².